The first-order chi connectivity index (χ1) is 15.8. The number of fused-ring (bicyclic) bond motifs is 2. The highest BCUT2D eigenvalue weighted by Gasteiger charge is 2.51. The van der Waals surface area contributed by atoms with Gasteiger partial charge < -0.3 is 20.1 Å². The van der Waals surface area contributed by atoms with Gasteiger partial charge in [0.2, 0.25) is 0 Å². The molecule has 1 aromatic heterocycles. The van der Waals surface area contributed by atoms with E-state index in [1.807, 2.05) is 0 Å². The first kappa shape index (κ1) is 21.0. The molecule has 4 aromatic rings. The lowest BCUT2D eigenvalue weighted by atomic mass is 9.93. The van der Waals surface area contributed by atoms with E-state index in [0.717, 1.165) is 0 Å². The van der Waals surface area contributed by atoms with Crippen LogP contribution in [0.5, 0.6) is 6.01 Å². The zero-order chi connectivity index (χ0) is 23.3. The summed E-state index contributed by atoms with van der Waals surface area (Å²) in [6.07, 6.45) is -0.661. The summed E-state index contributed by atoms with van der Waals surface area (Å²) in [4.78, 5) is 33.6. The van der Waals surface area contributed by atoms with Crippen molar-refractivity contribution in [3.8, 4) is 6.01 Å². The Morgan fingerprint density at radius 2 is 1.97 bits per heavy atom. The molecule has 1 aliphatic rings. The smallest absolute Gasteiger partial charge is 0.375 e. The first-order valence-electron chi connectivity index (χ1n) is 10.2. The molecule has 3 aromatic carbocycles. The molecule has 0 spiro atoms. The summed E-state index contributed by atoms with van der Waals surface area (Å²) in [6, 6.07) is 17.2. The van der Waals surface area contributed by atoms with Crippen LogP contribution in [0.15, 0.2) is 60.7 Å². The van der Waals surface area contributed by atoms with Crippen molar-refractivity contribution in [1.29, 1.82) is 0 Å². The Morgan fingerprint density at radius 3 is 2.76 bits per heavy atom. The summed E-state index contributed by atoms with van der Waals surface area (Å²) < 4.78 is 5.07. The molecule has 0 saturated heterocycles. The summed E-state index contributed by atoms with van der Waals surface area (Å²) in [6.45, 7) is 1.80. The Morgan fingerprint density at radius 1 is 1.18 bits per heavy atom. The van der Waals surface area contributed by atoms with E-state index >= 15 is 0 Å². The van der Waals surface area contributed by atoms with Crippen molar-refractivity contribution in [3.05, 3.63) is 87.9 Å². The molecule has 3 N–H and O–H groups in total. The molecule has 5 rings (SSSR count). The number of ether oxygens (including phenoxy) is 1. The molecule has 0 saturated carbocycles. The lowest BCUT2D eigenvalue weighted by molar-refractivity contribution is 0.0703. The van der Waals surface area contributed by atoms with Crippen LogP contribution in [0.2, 0.25) is 5.02 Å². The molecule has 0 radical (unpaired) electrons. The number of aliphatic hydroxyl groups is 1. The molecule has 0 fully saturated rings. The number of H-pyrrole nitrogens is 1. The summed E-state index contributed by atoms with van der Waals surface area (Å²) >= 11 is 6.35. The number of rotatable bonds is 3. The van der Waals surface area contributed by atoms with Crippen LogP contribution < -0.4 is 15.0 Å². The number of amides is 2. The van der Waals surface area contributed by atoms with Crippen LogP contribution in [0.4, 0.5) is 10.5 Å². The molecule has 1 aliphatic heterocycles. The topological polar surface area (TPSA) is 108 Å². The normalized spacial score (nSPS) is 17.3. The molecule has 0 bridgehead atoms. The lowest BCUT2D eigenvalue weighted by Crippen LogP contribution is -2.45. The minimum absolute atomic E-state index is 0.0129. The quantitative estimate of drug-likeness (QED) is 0.425. The molecular formula is C24H19ClN4O4. The molecule has 2 amide bonds. The largest absolute Gasteiger partial charge is 0.414 e. The van der Waals surface area contributed by atoms with Crippen LogP contribution in [0.1, 0.15) is 27.0 Å². The number of carbonyl (C=O) groups excluding carboxylic acids is 2. The van der Waals surface area contributed by atoms with Gasteiger partial charge in [-0.1, -0.05) is 41.9 Å². The third-order valence-corrected chi connectivity index (χ3v) is 6.21. The molecule has 1 unspecified atom stereocenters. The van der Waals surface area contributed by atoms with E-state index in [9.17, 15) is 14.7 Å². The van der Waals surface area contributed by atoms with Crippen molar-refractivity contribution < 1.29 is 19.4 Å². The predicted molar refractivity (Wildman–Crippen MR) is 124 cm³/mol. The number of carbonyl (C=O) groups is 2. The van der Waals surface area contributed by atoms with Crippen molar-refractivity contribution in [2.24, 2.45) is 0 Å². The van der Waals surface area contributed by atoms with Gasteiger partial charge in [-0.05, 0) is 42.8 Å². The number of imidazole rings is 1. The zero-order valence-corrected chi connectivity index (χ0v) is 18.5. The van der Waals surface area contributed by atoms with Crippen molar-refractivity contribution in [3.63, 3.8) is 0 Å². The van der Waals surface area contributed by atoms with Gasteiger partial charge in [0.1, 0.15) is 0 Å². The van der Waals surface area contributed by atoms with Crippen molar-refractivity contribution >= 4 is 40.3 Å². The fourth-order valence-corrected chi connectivity index (χ4v) is 4.33. The average molecular weight is 463 g/mol. The molecular weight excluding hydrogens is 444 g/mol. The highest BCUT2D eigenvalue weighted by atomic mass is 35.5. The maximum Gasteiger partial charge on any atom is 0.414 e. The number of aromatic amines is 1. The second-order valence-electron chi connectivity index (χ2n) is 7.66. The van der Waals surface area contributed by atoms with Gasteiger partial charge in [-0.15, -0.1) is 0 Å². The van der Waals surface area contributed by atoms with E-state index < -0.39 is 11.8 Å². The van der Waals surface area contributed by atoms with E-state index in [2.05, 4.69) is 15.3 Å². The summed E-state index contributed by atoms with van der Waals surface area (Å²) in [5.41, 5.74) is 1.71. The number of hydrogen-bond donors (Lipinski definition) is 3. The fourth-order valence-electron chi connectivity index (χ4n) is 4.16. The summed E-state index contributed by atoms with van der Waals surface area (Å²) in [5.74, 6) is -0.341. The minimum atomic E-state index is -1.80. The molecule has 9 heteroatoms. The molecule has 33 heavy (non-hydrogen) atoms. The van der Waals surface area contributed by atoms with Gasteiger partial charge in [-0.2, -0.15) is 4.98 Å². The number of anilines is 1. The summed E-state index contributed by atoms with van der Waals surface area (Å²) in [5, 5.41) is 15.0. The van der Waals surface area contributed by atoms with Crippen LogP contribution >= 0.6 is 11.6 Å². The van der Waals surface area contributed by atoms with E-state index in [-0.39, 0.29) is 11.9 Å². The number of benzene rings is 3. The molecule has 1 atom stereocenters. The van der Waals surface area contributed by atoms with Gasteiger partial charge in [-0.25, -0.2) is 4.79 Å². The second-order valence-corrected chi connectivity index (χ2v) is 8.06. The van der Waals surface area contributed by atoms with E-state index in [1.165, 1.54) is 11.9 Å². The zero-order valence-electron chi connectivity index (χ0n) is 17.7. The van der Waals surface area contributed by atoms with Crippen LogP contribution in [0.25, 0.3) is 11.0 Å². The van der Waals surface area contributed by atoms with Crippen LogP contribution in [0.3, 0.4) is 0 Å². The van der Waals surface area contributed by atoms with Crippen LogP contribution in [-0.2, 0) is 5.72 Å². The number of nitrogens with one attached hydrogen (secondary N) is 2. The molecule has 0 aliphatic carbocycles. The van der Waals surface area contributed by atoms with Gasteiger partial charge in [0.25, 0.3) is 5.91 Å². The molecule has 2 heterocycles. The Hall–Kier alpha value is -3.88. The highest BCUT2D eigenvalue weighted by molar-refractivity contribution is 6.32. The maximum absolute atomic E-state index is 13.5. The van der Waals surface area contributed by atoms with Crippen molar-refractivity contribution in [1.82, 2.24) is 15.3 Å². The summed E-state index contributed by atoms with van der Waals surface area (Å²) in [7, 11) is 1.44. The third-order valence-electron chi connectivity index (χ3n) is 5.80. The maximum atomic E-state index is 13.5. The molecule has 8 nitrogen and oxygen atoms in total. The average Bonchev–Trinajstić information content (AvgIpc) is 3.32. The van der Waals surface area contributed by atoms with Gasteiger partial charge in [0.15, 0.2) is 5.72 Å². The van der Waals surface area contributed by atoms with Gasteiger partial charge >= 0.3 is 12.1 Å². The number of hydrogen-bond acceptors (Lipinski definition) is 5. The highest BCUT2D eigenvalue weighted by Crippen LogP contribution is 2.46. The van der Waals surface area contributed by atoms with Crippen molar-refractivity contribution in [2.45, 2.75) is 12.6 Å². The molecule has 166 valence electrons. The first-order valence-corrected chi connectivity index (χ1v) is 10.5. The lowest BCUT2D eigenvalue weighted by Gasteiger charge is -2.35. The third kappa shape index (κ3) is 3.14. The van der Waals surface area contributed by atoms with E-state index in [1.54, 1.807) is 67.6 Å². The number of aromatic nitrogens is 2. The van der Waals surface area contributed by atoms with Gasteiger partial charge in [-0.3, -0.25) is 9.69 Å². The van der Waals surface area contributed by atoms with E-state index in [0.29, 0.717) is 44.0 Å². The Kier molecular flexibility index (Phi) is 4.84. The Labute approximate surface area is 193 Å². The van der Waals surface area contributed by atoms with Crippen molar-refractivity contribution in [2.75, 3.05) is 11.9 Å². The van der Waals surface area contributed by atoms with E-state index in [4.69, 9.17) is 16.3 Å². The monoisotopic (exact) mass is 462 g/mol. The second kappa shape index (κ2) is 7.61. The predicted octanol–water partition coefficient (Wildman–Crippen LogP) is 4.10. The number of halogens is 1. The Bertz CT molecular complexity index is 1430. The van der Waals surface area contributed by atoms with Crippen LogP contribution in [-0.4, -0.2) is 34.1 Å². The standard InChI is InChI=1S/C24H19ClN4O4/c1-13-17(25)8-5-9-20(13)29-21(30)15-6-3-4-7-16(15)24(29,32)14-10-11-18-19(12-14)28-22(27-18)33-23(31)26-2/h3-12,32H,1-2H3,(H,26,31)(H,27,28). The van der Waals surface area contributed by atoms with Crippen LogP contribution in [0, 0.1) is 6.92 Å². The SMILES string of the molecule is CNC(=O)Oc1nc2ccc(C3(O)c4ccccc4C(=O)N3c3cccc(Cl)c3C)cc2[nH]1. The fraction of sp³-hybridized carbons (Fsp3) is 0.125. The Balaban J connectivity index is 1.70. The van der Waals surface area contributed by atoms with Gasteiger partial charge in [0.05, 0.1) is 16.7 Å². The number of nitrogens with zero attached hydrogens (tertiary/aromatic N) is 2. The van der Waals surface area contributed by atoms with Gasteiger partial charge in [0, 0.05) is 28.8 Å². The minimum Gasteiger partial charge on any atom is -0.375 e.